The summed E-state index contributed by atoms with van der Waals surface area (Å²) in [4.78, 5) is 0. The van der Waals surface area contributed by atoms with Gasteiger partial charge in [0.1, 0.15) is 46.2 Å². The third kappa shape index (κ3) is 5.09. The van der Waals surface area contributed by atoms with Gasteiger partial charge >= 0.3 is 6.11 Å². The van der Waals surface area contributed by atoms with E-state index in [0.29, 0.717) is 36.5 Å². The Morgan fingerprint density at radius 2 is 1.53 bits per heavy atom. The molecule has 2 aromatic carbocycles. The van der Waals surface area contributed by atoms with Crippen LogP contribution in [0.25, 0.3) is 0 Å². The standard InChI is InChI=1S/C24H21F6NO/c1-2-3-4-14-5-7-15(8-6-14)16-9-21(27)23(22(28)10-16)24(29,30)32-17-11-19(25)18(13-31)20(26)12-17/h2-3,9-12,14-15H,4-8H2,1H3. The molecule has 0 atom stereocenters. The van der Waals surface area contributed by atoms with E-state index < -0.39 is 46.3 Å². The van der Waals surface area contributed by atoms with Crippen molar-refractivity contribution in [2.24, 2.45) is 5.92 Å². The van der Waals surface area contributed by atoms with E-state index in [2.05, 4.69) is 10.8 Å². The number of nitriles is 1. The van der Waals surface area contributed by atoms with Crippen molar-refractivity contribution in [3.63, 3.8) is 0 Å². The summed E-state index contributed by atoms with van der Waals surface area (Å²) < 4.78 is 89.8. The molecule has 1 saturated carbocycles. The van der Waals surface area contributed by atoms with Gasteiger partial charge in [-0.05, 0) is 68.6 Å². The topological polar surface area (TPSA) is 33.0 Å². The SMILES string of the molecule is CC=CCC1CCC(c2cc(F)c(C(F)(F)Oc3cc(F)c(C#N)c(F)c3)c(F)c2)CC1. The van der Waals surface area contributed by atoms with Crippen LogP contribution in [0, 0.1) is 40.5 Å². The monoisotopic (exact) mass is 453 g/mol. The number of benzene rings is 2. The molecule has 0 N–H and O–H groups in total. The van der Waals surface area contributed by atoms with Gasteiger partial charge < -0.3 is 4.74 Å². The van der Waals surface area contributed by atoms with Crippen LogP contribution in [-0.2, 0) is 6.11 Å². The van der Waals surface area contributed by atoms with Gasteiger partial charge in [0.25, 0.3) is 0 Å². The minimum Gasteiger partial charge on any atom is -0.429 e. The zero-order valence-corrected chi connectivity index (χ0v) is 17.3. The van der Waals surface area contributed by atoms with E-state index in [9.17, 15) is 26.3 Å². The lowest BCUT2D eigenvalue weighted by molar-refractivity contribution is -0.189. The Balaban J connectivity index is 1.81. The Morgan fingerprint density at radius 1 is 0.969 bits per heavy atom. The van der Waals surface area contributed by atoms with Gasteiger partial charge in [-0.3, -0.25) is 0 Å². The first-order valence-corrected chi connectivity index (χ1v) is 10.2. The average Bonchev–Trinajstić information content (AvgIpc) is 2.71. The fraction of sp³-hybridized carbons (Fsp3) is 0.375. The average molecular weight is 453 g/mol. The van der Waals surface area contributed by atoms with Gasteiger partial charge in [0.15, 0.2) is 0 Å². The maximum atomic E-state index is 14.6. The highest BCUT2D eigenvalue weighted by atomic mass is 19.3. The molecule has 8 heteroatoms. The third-order valence-corrected chi connectivity index (χ3v) is 5.75. The lowest BCUT2D eigenvalue weighted by Crippen LogP contribution is -2.26. The summed E-state index contributed by atoms with van der Waals surface area (Å²) >= 11 is 0. The van der Waals surface area contributed by atoms with Crippen LogP contribution in [-0.4, -0.2) is 0 Å². The lowest BCUT2D eigenvalue weighted by Gasteiger charge is -2.29. The number of alkyl halides is 2. The quantitative estimate of drug-likeness (QED) is 0.336. The van der Waals surface area contributed by atoms with Crippen LogP contribution in [0.5, 0.6) is 5.75 Å². The first-order chi connectivity index (χ1) is 15.2. The molecule has 3 rings (SSSR count). The van der Waals surface area contributed by atoms with E-state index in [0.717, 1.165) is 31.4 Å². The molecular formula is C24H21F6NO. The van der Waals surface area contributed by atoms with Crippen molar-refractivity contribution in [3.8, 4) is 11.8 Å². The smallest absolute Gasteiger partial charge is 0.429 e. The highest BCUT2D eigenvalue weighted by molar-refractivity contribution is 5.39. The van der Waals surface area contributed by atoms with Crippen molar-refractivity contribution in [2.45, 2.75) is 51.1 Å². The summed E-state index contributed by atoms with van der Waals surface area (Å²) in [5.41, 5.74) is -2.34. The van der Waals surface area contributed by atoms with E-state index in [1.807, 2.05) is 13.0 Å². The summed E-state index contributed by atoms with van der Waals surface area (Å²) in [6, 6.07) is 3.68. The maximum Gasteiger partial charge on any atom is 0.432 e. The van der Waals surface area contributed by atoms with Crippen molar-refractivity contribution in [3.05, 3.63) is 76.4 Å². The Kier molecular flexibility index (Phi) is 7.17. The number of halogens is 6. The van der Waals surface area contributed by atoms with Gasteiger partial charge in [0, 0.05) is 12.1 Å². The number of hydrogen-bond acceptors (Lipinski definition) is 2. The van der Waals surface area contributed by atoms with Crippen molar-refractivity contribution in [1.82, 2.24) is 0 Å². The first-order valence-electron chi connectivity index (χ1n) is 10.2. The molecule has 0 radical (unpaired) electrons. The molecule has 1 aliphatic carbocycles. The molecule has 0 amide bonds. The second-order valence-corrected chi connectivity index (χ2v) is 7.87. The van der Waals surface area contributed by atoms with E-state index in [1.54, 1.807) is 0 Å². The van der Waals surface area contributed by atoms with Crippen molar-refractivity contribution >= 4 is 0 Å². The summed E-state index contributed by atoms with van der Waals surface area (Å²) in [7, 11) is 0. The second kappa shape index (κ2) is 9.68. The van der Waals surface area contributed by atoms with Crippen LogP contribution in [0.1, 0.15) is 61.6 Å². The zero-order chi connectivity index (χ0) is 23.5. The third-order valence-electron chi connectivity index (χ3n) is 5.75. The molecule has 1 fully saturated rings. The highest BCUT2D eigenvalue weighted by Gasteiger charge is 2.42. The molecule has 0 saturated heterocycles. The Bertz CT molecular complexity index is 1000. The largest absolute Gasteiger partial charge is 0.432 e. The van der Waals surface area contributed by atoms with Crippen molar-refractivity contribution in [2.75, 3.05) is 0 Å². The lowest BCUT2D eigenvalue weighted by atomic mass is 9.77. The molecular weight excluding hydrogens is 432 g/mol. The summed E-state index contributed by atoms with van der Waals surface area (Å²) in [6.45, 7) is 1.94. The van der Waals surface area contributed by atoms with E-state index in [-0.39, 0.29) is 5.92 Å². The van der Waals surface area contributed by atoms with Crippen molar-refractivity contribution < 1.29 is 31.1 Å². The van der Waals surface area contributed by atoms with Gasteiger partial charge in [0.05, 0.1) is 0 Å². The van der Waals surface area contributed by atoms with Gasteiger partial charge in [-0.25, -0.2) is 17.6 Å². The van der Waals surface area contributed by atoms with Gasteiger partial charge in [-0.1, -0.05) is 12.2 Å². The Hall–Kier alpha value is -2.95. The molecule has 0 aliphatic heterocycles. The second-order valence-electron chi connectivity index (χ2n) is 7.87. The predicted molar refractivity (Wildman–Crippen MR) is 106 cm³/mol. The molecule has 1 aliphatic rings. The molecule has 2 aromatic rings. The summed E-state index contributed by atoms with van der Waals surface area (Å²) in [5, 5.41) is 8.64. The predicted octanol–water partition coefficient (Wildman–Crippen LogP) is 7.48. The van der Waals surface area contributed by atoms with Crippen LogP contribution in [0.15, 0.2) is 36.4 Å². The van der Waals surface area contributed by atoms with Crippen LogP contribution >= 0.6 is 0 Å². The molecule has 0 heterocycles. The first kappa shape index (κ1) is 23.7. The van der Waals surface area contributed by atoms with E-state index >= 15 is 0 Å². The Labute approximate surface area is 182 Å². The van der Waals surface area contributed by atoms with Gasteiger partial charge in [0.2, 0.25) is 0 Å². The molecule has 0 bridgehead atoms. The Morgan fingerprint density at radius 3 is 2.03 bits per heavy atom. The van der Waals surface area contributed by atoms with Crippen LogP contribution in [0.3, 0.4) is 0 Å². The van der Waals surface area contributed by atoms with E-state index in [4.69, 9.17) is 5.26 Å². The van der Waals surface area contributed by atoms with Crippen LogP contribution < -0.4 is 4.74 Å². The normalized spacial score (nSPS) is 19.2. The minimum absolute atomic E-state index is 0.147. The van der Waals surface area contributed by atoms with Crippen molar-refractivity contribution in [1.29, 1.82) is 5.26 Å². The van der Waals surface area contributed by atoms with E-state index in [1.165, 1.54) is 6.07 Å². The molecule has 0 spiro atoms. The van der Waals surface area contributed by atoms with Gasteiger partial charge in [-0.15, -0.1) is 0 Å². The number of hydrogen-bond donors (Lipinski definition) is 0. The molecule has 0 unspecified atom stereocenters. The minimum atomic E-state index is -4.54. The van der Waals surface area contributed by atoms with Gasteiger partial charge in [-0.2, -0.15) is 14.0 Å². The molecule has 2 nitrogen and oxygen atoms in total. The zero-order valence-electron chi connectivity index (χ0n) is 17.3. The highest BCUT2D eigenvalue weighted by Crippen LogP contribution is 2.41. The number of ether oxygens (including phenoxy) is 1. The number of nitrogens with zero attached hydrogens (tertiary/aromatic N) is 1. The summed E-state index contributed by atoms with van der Waals surface area (Å²) in [6.07, 6.45) is 3.57. The van der Waals surface area contributed by atoms with Crippen LogP contribution in [0.2, 0.25) is 0 Å². The van der Waals surface area contributed by atoms with Crippen LogP contribution in [0.4, 0.5) is 26.3 Å². The fourth-order valence-electron chi connectivity index (χ4n) is 4.08. The molecule has 0 aromatic heterocycles. The number of rotatable bonds is 6. The fourth-order valence-corrected chi connectivity index (χ4v) is 4.08. The molecule has 170 valence electrons. The summed E-state index contributed by atoms with van der Waals surface area (Å²) in [5.74, 6) is -6.54. The molecule has 32 heavy (non-hydrogen) atoms. The maximum absolute atomic E-state index is 14.6. The number of allylic oxidation sites excluding steroid dienone is 2.